The van der Waals surface area contributed by atoms with Crippen molar-refractivity contribution in [3.8, 4) is 0 Å². The van der Waals surface area contributed by atoms with Crippen LogP contribution in [0.2, 0.25) is 0 Å². The molecule has 2 heteroatoms. The molecule has 0 saturated carbocycles. The molecule has 1 unspecified atom stereocenters. The predicted molar refractivity (Wildman–Crippen MR) is 101 cm³/mol. The molecule has 0 bridgehead atoms. The number of likely N-dealkylation sites (N-methyl/N-ethyl adjacent to an activating group) is 1. The lowest BCUT2D eigenvalue weighted by molar-refractivity contribution is 0.640. The number of para-hydroxylation sites is 2. The molecule has 24 heavy (non-hydrogen) atoms. The molecule has 1 aliphatic heterocycles. The molecule has 1 aliphatic rings. The van der Waals surface area contributed by atoms with Crippen LogP contribution in [0.15, 0.2) is 89.9 Å². The second-order valence-corrected chi connectivity index (χ2v) is 6.31. The van der Waals surface area contributed by atoms with Gasteiger partial charge in [0.2, 0.25) is 0 Å². The van der Waals surface area contributed by atoms with Crippen LogP contribution in [0.4, 0.5) is 11.4 Å². The number of fused-ring (bicyclic) bond motifs is 1. The highest BCUT2D eigenvalue weighted by Gasteiger charge is 2.44. The number of rotatable bonds is 2. The van der Waals surface area contributed by atoms with Crippen molar-refractivity contribution in [2.24, 2.45) is 4.99 Å². The average Bonchev–Trinajstić information content (AvgIpc) is 2.87. The van der Waals surface area contributed by atoms with Crippen molar-refractivity contribution in [3.63, 3.8) is 0 Å². The molecule has 0 aliphatic carbocycles. The second-order valence-electron chi connectivity index (χ2n) is 6.31. The maximum absolute atomic E-state index is 5.05. The number of hydrogen-bond acceptors (Lipinski definition) is 2. The van der Waals surface area contributed by atoms with Gasteiger partial charge in [-0.25, -0.2) is 4.99 Å². The normalized spacial score (nSPS) is 21.1. The number of hydrogen-bond donors (Lipinski definition) is 0. The lowest BCUT2D eigenvalue weighted by Gasteiger charge is -2.35. The molecule has 0 aromatic heterocycles. The van der Waals surface area contributed by atoms with Crippen molar-refractivity contribution >= 4 is 17.1 Å². The topological polar surface area (TPSA) is 15.6 Å². The summed E-state index contributed by atoms with van der Waals surface area (Å²) < 4.78 is 0. The highest BCUT2D eigenvalue weighted by molar-refractivity contribution is 6.18. The monoisotopic (exact) mass is 312 g/mol. The Bertz CT molecular complexity index is 884. The first-order valence-electron chi connectivity index (χ1n) is 8.24. The van der Waals surface area contributed by atoms with E-state index >= 15 is 0 Å². The second kappa shape index (κ2) is 5.64. The Morgan fingerprint density at radius 2 is 1.33 bits per heavy atom. The molecule has 0 N–H and O–H groups in total. The van der Waals surface area contributed by atoms with Gasteiger partial charge in [-0.15, -0.1) is 0 Å². The Balaban J connectivity index is 1.97. The minimum atomic E-state index is -0.291. The average molecular weight is 312 g/mol. The summed E-state index contributed by atoms with van der Waals surface area (Å²) in [5.74, 6) is 0. The molecule has 2 nitrogen and oxygen atoms in total. The van der Waals surface area contributed by atoms with Crippen LogP contribution < -0.4 is 4.90 Å². The SMILES string of the molecule is CN1c2ccccc2/C(=N/c2ccccc2)C1(C)c1ccccc1. The summed E-state index contributed by atoms with van der Waals surface area (Å²) in [5.41, 5.74) is 5.46. The van der Waals surface area contributed by atoms with Gasteiger partial charge >= 0.3 is 0 Å². The third-order valence-electron chi connectivity index (χ3n) is 4.99. The van der Waals surface area contributed by atoms with E-state index in [2.05, 4.69) is 85.6 Å². The van der Waals surface area contributed by atoms with E-state index in [-0.39, 0.29) is 5.54 Å². The van der Waals surface area contributed by atoms with Gasteiger partial charge < -0.3 is 4.90 Å². The Labute approximate surface area is 143 Å². The zero-order valence-corrected chi connectivity index (χ0v) is 14.0. The zero-order valence-electron chi connectivity index (χ0n) is 14.0. The van der Waals surface area contributed by atoms with Crippen LogP contribution in [0.1, 0.15) is 18.1 Å². The highest BCUT2D eigenvalue weighted by Crippen LogP contribution is 2.44. The van der Waals surface area contributed by atoms with E-state index in [9.17, 15) is 0 Å². The summed E-state index contributed by atoms with van der Waals surface area (Å²) in [7, 11) is 2.15. The molecule has 3 aromatic rings. The minimum absolute atomic E-state index is 0.291. The van der Waals surface area contributed by atoms with Gasteiger partial charge in [0, 0.05) is 18.3 Å². The van der Waals surface area contributed by atoms with Gasteiger partial charge in [-0.2, -0.15) is 0 Å². The first-order valence-corrected chi connectivity index (χ1v) is 8.24. The number of nitrogens with zero attached hydrogens (tertiary/aromatic N) is 2. The summed E-state index contributed by atoms with van der Waals surface area (Å²) in [4.78, 5) is 7.39. The number of aliphatic imine (C=N–C) groups is 1. The highest BCUT2D eigenvalue weighted by atomic mass is 15.2. The first kappa shape index (κ1) is 14.7. The standard InChI is InChI=1S/C22H20N2/c1-22(17-11-5-3-6-12-17)21(23-18-13-7-4-8-14-18)19-15-9-10-16-20(19)24(22)2/h3-16H,1-2H3/b23-21-. The first-order chi connectivity index (χ1) is 11.7. The van der Waals surface area contributed by atoms with Crippen molar-refractivity contribution in [3.05, 3.63) is 96.1 Å². The molecule has 1 atom stereocenters. The number of benzene rings is 3. The van der Waals surface area contributed by atoms with Gasteiger partial charge in [-0.1, -0.05) is 66.7 Å². The van der Waals surface area contributed by atoms with E-state index in [0.29, 0.717) is 0 Å². The summed E-state index contributed by atoms with van der Waals surface area (Å²) in [6.07, 6.45) is 0. The molecular weight excluding hydrogens is 292 g/mol. The van der Waals surface area contributed by atoms with Crippen LogP contribution in [0.25, 0.3) is 0 Å². The molecule has 0 spiro atoms. The summed E-state index contributed by atoms with van der Waals surface area (Å²) in [6.45, 7) is 2.25. The quantitative estimate of drug-likeness (QED) is 0.637. The fourth-order valence-corrected chi connectivity index (χ4v) is 3.52. The van der Waals surface area contributed by atoms with Crippen LogP contribution in [0.3, 0.4) is 0 Å². The van der Waals surface area contributed by atoms with Crippen LogP contribution in [0, 0.1) is 0 Å². The fraction of sp³-hybridized carbons (Fsp3) is 0.136. The molecule has 1 heterocycles. The molecule has 0 saturated heterocycles. The molecule has 4 rings (SSSR count). The fourth-order valence-electron chi connectivity index (χ4n) is 3.52. The summed E-state index contributed by atoms with van der Waals surface area (Å²) >= 11 is 0. The zero-order chi connectivity index (χ0) is 16.6. The molecule has 118 valence electrons. The Morgan fingerprint density at radius 3 is 2.04 bits per heavy atom. The third-order valence-corrected chi connectivity index (χ3v) is 4.99. The maximum Gasteiger partial charge on any atom is 0.105 e. The molecular formula is C22H20N2. The number of anilines is 1. The maximum atomic E-state index is 5.05. The van der Waals surface area contributed by atoms with Crippen molar-refractivity contribution in [1.29, 1.82) is 0 Å². The van der Waals surface area contributed by atoms with Gasteiger partial charge in [0.25, 0.3) is 0 Å². The van der Waals surface area contributed by atoms with Crippen molar-refractivity contribution in [1.82, 2.24) is 0 Å². The van der Waals surface area contributed by atoms with Gasteiger partial charge in [0.1, 0.15) is 5.54 Å². The van der Waals surface area contributed by atoms with Crippen LogP contribution in [-0.4, -0.2) is 12.8 Å². The van der Waals surface area contributed by atoms with Gasteiger partial charge in [-0.05, 0) is 30.7 Å². The predicted octanol–water partition coefficient (Wildman–Crippen LogP) is 5.17. The van der Waals surface area contributed by atoms with Crippen LogP contribution in [-0.2, 0) is 5.54 Å². The van der Waals surface area contributed by atoms with E-state index in [0.717, 1.165) is 11.4 Å². The van der Waals surface area contributed by atoms with Crippen molar-refractivity contribution in [2.75, 3.05) is 11.9 Å². The molecule has 0 fully saturated rings. The van der Waals surface area contributed by atoms with E-state index in [1.54, 1.807) is 0 Å². The van der Waals surface area contributed by atoms with E-state index in [1.165, 1.54) is 16.8 Å². The molecule has 0 amide bonds. The van der Waals surface area contributed by atoms with Crippen molar-refractivity contribution in [2.45, 2.75) is 12.5 Å². The third kappa shape index (κ3) is 2.15. The smallest absolute Gasteiger partial charge is 0.105 e. The minimum Gasteiger partial charge on any atom is -0.359 e. The largest absolute Gasteiger partial charge is 0.359 e. The Morgan fingerprint density at radius 1 is 0.750 bits per heavy atom. The van der Waals surface area contributed by atoms with Gasteiger partial charge in [0.05, 0.1) is 11.4 Å². The van der Waals surface area contributed by atoms with Gasteiger partial charge in [-0.3, -0.25) is 0 Å². The summed E-state index contributed by atoms with van der Waals surface area (Å²) in [5, 5.41) is 0. The van der Waals surface area contributed by atoms with Crippen LogP contribution in [0.5, 0.6) is 0 Å². The van der Waals surface area contributed by atoms with E-state index in [4.69, 9.17) is 4.99 Å². The molecule has 0 radical (unpaired) electrons. The lowest BCUT2D eigenvalue weighted by Crippen LogP contribution is -2.43. The Kier molecular flexibility index (Phi) is 3.46. The van der Waals surface area contributed by atoms with E-state index < -0.39 is 0 Å². The Hall–Kier alpha value is -2.87. The lowest BCUT2D eigenvalue weighted by atomic mass is 9.86. The molecule has 3 aromatic carbocycles. The van der Waals surface area contributed by atoms with Crippen LogP contribution >= 0.6 is 0 Å². The van der Waals surface area contributed by atoms with E-state index in [1.807, 2.05) is 18.2 Å². The van der Waals surface area contributed by atoms with Gasteiger partial charge in [0.15, 0.2) is 0 Å². The van der Waals surface area contributed by atoms with Crippen molar-refractivity contribution < 1.29 is 0 Å². The summed E-state index contributed by atoms with van der Waals surface area (Å²) in [6, 6.07) is 29.3.